The maximum absolute atomic E-state index is 11.5. The monoisotopic (exact) mass is 275 g/mol. The Bertz CT molecular complexity index is 331. The minimum absolute atomic E-state index is 0.415. The van der Waals surface area contributed by atoms with Crippen LogP contribution >= 0.6 is 11.8 Å². The number of nitrogens with two attached hydrogens (primary N) is 1. The lowest BCUT2D eigenvalue weighted by Crippen LogP contribution is -2.48. The van der Waals surface area contributed by atoms with E-state index in [0.717, 1.165) is 17.9 Å². The van der Waals surface area contributed by atoms with Gasteiger partial charge in [0.1, 0.15) is 6.04 Å². The van der Waals surface area contributed by atoms with Gasteiger partial charge in [0.05, 0.1) is 6.42 Å². The number of carboxylic acids is 1. The third-order valence-electron chi connectivity index (χ3n) is 2.58. The lowest BCUT2D eigenvalue weighted by atomic mass is 10.1. The van der Waals surface area contributed by atoms with E-state index in [1.807, 2.05) is 11.8 Å². The van der Waals surface area contributed by atoms with Crippen LogP contribution in [0.3, 0.4) is 0 Å². The second-order valence-electron chi connectivity index (χ2n) is 4.15. The van der Waals surface area contributed by atoms with Crippen molar-refractivity contribution in [1.82, 2.24) is 10.6 Å². The largest absolute Gasteiger partial charge is 0.480 e. The van der Waals surface area contributed by atoms with E-state index >= 15 is 0 Å². The van der Waals surface area contributed by atoms with E-state index in [9.17, 15) is 14.4 Å². The van der Waals surface area contributed by atoms with Crippen molar-refractivity contribution in [2.24, 2.45) is 11.7 Å². The molecule has 0 aromatic carbocycles. The summed E-state index contributed by atoms with van der Waals surface area (Å²) in [6, 6.07) is -1.86. The Hall–Kier alpha value is -1.44. The third kappa shape index (κ3) is 5.26. The number of aliphatic carboxylic acids is 1. The van der Waals surface area contributed by atoms with Crippen molar-refractivity contribution in [3.63, 3.8) is 0 Å². The molecule has 1 aliphatic rings. The quantitative estimate of drug-likeness (QED) is 0.514. The number of carbonyl (C=O) groups excluding carboxylic acids is 2. The van der Waals surface area contributed by atoms with Crippen molar-refractivity contribution < 1.29 is 19.5 Å². The van der Waals surface area contributed by atoms with Crippen LogP contribution in [0.5, 0.6) is 0 Å². The first-order chi connectivity index (χ1) is 8.49. The summed E-state index contributed by atoms with van der Waals surface area (Å²) in [5.41, 5.74) is 4.90. The molecule has 0 aliphatic carbocycles. The summed E-state index contributed by atoms with van der Waals surface area (Å²) in [5, 5.41) is 13.6. The molecule has 102 valence electrons. The molecule has 1 saturated heterocycles. The van der Waals surface area contributed by atoms with E-state index in [2.05, 4.69) is 10.6 Å². The highest BCUT2D eigenvalue weighted by atomic mass is 32.2. The van der Waals surface area contributed by atoms with Gasteiger partial charge >= 0.3 is 12.0 Å². The van der Waals surface area contributed by atoms with E-state index in [1.165, 1.54) is 0 Å². The fourth-order valence-corrected chi connectivity index (χ4v) is 2.88. The van der Waals surface area contributed by atoms with Crippen LogP contribution in [-0.4, -0.2) is 47.1 Å². The Labute approximate surface area is 109 Å². The van der Waals surface area contributed by atoms with Crippen molar-refractivity contribution in [3.8, 4) is 0 Å². The molecule has 0 radical (unpaired) electrons. The van der Waals surface area contributed by atoms with Crippen LogP contribution in [-0.2, 0) is 9.59 Å². The molecule has 3 amide bonds. The fourth-order valence-electron chi connectivity index (χ4n) is 1.59. The summed E-state index contributed by atoms with van der Waals surface area (Å²) < 4.78 is 0. The standard InChI is InChI=1S/C10H17N3O4S/c11-8(14)3-7(9(15)16)13-10(17)12-4-6-1-2-18-5-6/h6-7H,1-5H2,(H2,11,14)(H,15,16)(H2,12,13,17)/t6?,7-/m0/s1. The van der Waals surface area contributed by atoms with Crippen molar-refractivity contribution in [2.75, 3.05) is 18.1 Å². The molecule has 18 heavy (non-hydrogen) atoms. The molecule has 0 aromatic heterocycles. The smallest absolute Gasteiger partial charge is 0.326 e. The Balaban J connectivity index is 2.31. The summed E-state index contributed by atoms with van der Waals surface area (Å²) in [5.74, 6) is 0.479. The predicted molar refractivity (Wildman–Crippen MR) is 67.2 cm³/mol. The van der Waals surface area contributed by atoms with Crippen LogP contribution in [0.25, 0.3) is 0 Å². The van der Waals surface area contributed by atoms with Gasteiger partial charge < -0.3 is 21.5 Å². The Morgan fingerprint density at radius 3 is 2.67 bits per heavy atom. The molecular weight excluding hydrogens is 258 g/mol. The summed E-state index contributed by atoms with van der Waals surface area (Å²) in [6.07, 6.45) is 0.636. The maximum Gasteiger partial charge on any atom is 0.326 e. The van der Waals surface area contributed by atoms with Gasteiger partial charge in [-0.25, -0.2) is 9.59 Å². The average Bonchev–Trinajstić information content (AvgIpc) is 2.77. The number of primary amides is 1. The number of hydrogen-bond acceptors (Lipinski definition) is 4. The zero-order valence-electron chi connectivity index (χ0n) is 9.85. The number of urea groups is 1. The van der Waals surface area contributed by atoms with Crippen LogP contribution < -0.4 is 16.4 Å². The molecule has 0 saturated carbocycles. The highest BCUT2D eigenvalue weighted by Crippen LogP contribution is 2.22. The third-order valence-corrected chi connectivity index (χ3v) is 3.82. The second kappa shape index (κ2) is 7.10. The minimum Gasteiger partial charge on any atom is -0.480 e. The first-order valence-corrected chi connectivity index (χ1v) is 6.77. The number of carbonyl (C=O) groups is 3. The van der Waals surface area contributed by atoms with Crippen LogP contribution in [0.2, 0.25) is 0 Å². The molecule has 1 unspecified atom stereocenters. The van der Waals surface area contributed by atoms with Crippen LogP contribution in [0.15, 0.2) is 0 Å². The van der Waals surface area contributed by atoms with E-state index in [-0.39, 0.29) is 0 Å². The van der Waals surface area contributed by atoms with Crippen molar-refractivity contribution >= 4 is 29.7 Å². The van der Waals surface area contributed by atoms with E-state index in [4.69, 9.17) is 10.8 Å². The van der Waals surface area contributed by atoms with Gasteiger partial charge in [-0.15, -0.1) is 0 Å². The molecule has 2 atom stereocenters. The van der Waals surface area contributed by atoms with Crippen molar-refractivity contribution in [1.29, 1.82) is 0 Å². The lowest BCUT2D eigenvalue weighted by molar-refractivity contribution is -0.140. The number of nitrogens with one attached hydrogen (secondary N) is 2. The minimum atomic E-state index is -1.28. The highest BCUT2D eigenvalue weighted by molar-refractivity contribution is 7.99. The summed E-state index contributed by atoms with van der Waals surface area (Å²) >= 11 is 1.83. The summed E-state index contributed by atoms with van der Waals surface area (Å²) in [6.45, 7) is 0.516. The first-order valence-electron chi connectivity index (χ1n) is 5.62. The van der Waals surface area contributed by atoms with Gasteiger partial charge in [-0.3, -0.25) is 4.79 Å². The first kappa shape index (κ1) is 14.6. The molecular formula is C10H17N3O4S. The van der Waals surface area contributed by atoms with Crippen LogP contribution in [0.4, 0.5) is 4.79 Å². The number of amides is 3. The van der Waals surface area contributed by atoms with E-state index in [1.54, 1.807) is 0 Å². The molecule has 1 rings (SSSR count). The number of rotatable bonds is 6. The van der Waals surface area contributed by atoms with Crippen molar-refractivity contribution in [2.45, 2.75) is 18.9 Å². The van der Waals surface area contributed by atoms with E-state index < -0.39 is 30.4 Å². The van der Waals surface area contributed by atoms with Gasteiger partial charge in [0.2, 0.25) is 5.91 Å². The highest BCUT2D eigenvalue weighted by Gasteiger charge is 2.23. The predicted octanol–water partition coefficient (Wildman–Crippen LogP) is -0.633. The van der Waals surface area contributed by atoms with Crippen LogP contribution in [0, 0.1) is 5.92 Å². The molecule has 5 N–H and O–H groups in total. The molecule has 0 bridgehead atoms. The normalized spacial score (nSPS) is 20.1. The van der Waals surface area contributed by atoms with Gasteiger partial charge in [0.25, 0.3) is 0 Å². The van der Waals surface area contributed by atoms with Gasteiger partial charge in [-0.1, -0.05) is 0 Å². The molecule has 1 heterocycles. The van der Waals surface area contributed by atoms with E-state index in [0.29, 0.717) is 12.5 Å². The molecule has 0 spiro atoms. The molecule has 0 aromatic rings. The molecule has 8 heteroatoms. The Morgan fingerprint density at radius 1 is 1.44 bits per heavy atom. The number of thioether (sulfide) groups is 1. The van der Waals surface area contributed by atoms with Gasteiger partial charge in [0, 0.05) is 6.54 Å². The SMILES string of the molecule is NC(=O)C[C@H](NC(=O)NCC1CCSC1)C(=O)O. The summed E-state index contributed by atoms with van der Waals surface area (Å²) in [4.78, 5) is 32.9. The van der Waals surface area contributed by atoms with Crippen molar-refractivity contribution in [3.05, 3.63) is 0 Å². The lowest BCUT2D eigenvalue weighted by Gasteiger charge is -2.15. The molecule has 1 aliphatic heterocycles. The van der Waals surface area contributed by atoms with Crippen LogP contribution in [0.1, 0.15) is 12.8 Å². The zero-order valence-corrected chi connectivity index (χ0v) is 10.7. The number of carboxylic acid groups (broad SMARTS) is 1. The van der Waals surface area contributed by atoms with Gasteiger partial charge in [-0.2, -0.15) is 11.8 Å². The maximum atomic E-state index is 11.5. The second-order valence-corrected chi connectivity index (χ2v) is 5.30. The zero-order chi connectivity index (χ0) is 13.5. The summed E-state index contributed by atoms with van der Waals surface area (Å²) in [7, 11) is 0. The van der Waals surface area contributed by atoms with Gasteiger partial charge in [-0.05, 0) is 23.8 Å². The topological polar surface area (TPSA) is 122 Å². The van der Waals surface area contributed by atoms with Gasteiger partial charge in [0.15, 0.2) is 0 Å². The fraction of sp³-hybridized carbons (Fsp3) is 0.700. The Kier molecular flexibility index (Phi) is 5.76. The average molecular weight is 275 g/mol. The Morgan fingerprint density at radius 2 is 2.17 bits per heavy atom. The molecule has 7 nitrogen and oxygen atoms in total. The number of hydrogen-bond donors (Lipinski definition) is 4. The molecule has 1 fully saturated rings.